The first-order chi connectivity index (χ1) is 12.0. The van der Waals surface area contributed by atoms with Crippen molar-refractivity contribution in [1.29, 1.82) is 0 Å². The van der Waals surface area contributed by atoms with Crippen LogP contribution in [0.15, 0.2) is 36.4 Å². The van der Waals surface area contributed by atoms with Crippen LogP contribution in [0.25, 0.3) is 0 Å². The molecule has 1 amide bonds. The number of halogens is 3. The predicted octanol–water partition coefficient (Wildman–Crippen LogP) is 5.04. The molecule has 1 heterocycles. The number of carbonyl (C=O) groups excluding carboxylic acids is 2. The number of carbonyl (C=O) groups is 2. The average molecular weight is 399 g/mol. The lowest BCUT2D eigenvalue weighted by atomic mass is 10.1. The third-order valence-electron chi connectivity index (χ3n) is 3.88. The van der Waals surface area contributed by atoms with Crippen molar-refractivity contribution in [3.8, 4) is 5.75 Å². The van der Waals surface area contributed by atoms with Crippen LogP contribution >= 0.6 is 34.8 Å². The Morgan fingerprint density at radius 2 is 1.80 bits per heavy atom. The summed E-state index contributed by atoms with van der Waals surface area (Å²) in [6.45, 7) is 0.870. The Kier molecular flexibility index (Phi) is 5.52. The van der Waals surface area contributed by atoms with Gasteiger partial charge in [0.2, 0.25) is 0 Å². The molecule has 130 valence electrons. The zero-order valence-electron chi connectivity index (χ0n) is 13.1. The number of rotatable bonds is 6. The highest BCUT2D eigenvalue weighted by atomic mass is 35.5. The number of fused-ring (bicyclic) bond motifs is 1. The van der Waals surface area contributed by atoms with Gasteiger partial charge >= 0.3 is 0 Å². The Bertz CT molecular complexity index is 838. The number of hydrogen-bond acceptors (Lipinski definition) is 3. The molecule has 4 nitrogen and oxygen atoms in total. The fourth-order valence-corrected chi connectivity index (χ4v) is 3.16. The number of Topliss-reactive ketones (excluding diaryl/α,β-unsaturated/α-hetero) is 1. The fraction of sp³-hybridized carbons (Fsp3) is 0.222. The van der Waals surface area contributed by atoms with Crippen molar-refractivity contribution in [2.24, 2.45) is 0 Å². The Balaban J connectivity index is 1.54. The van der Waals surface area contributed by atoms with Gasteiger partial charge in [-0.2, -0.15) is 0 Å². The number of anilines is 1. The fourth-order valence-electron chi connectivity index (χ4n) is 2.64. The molecular formula is C18H14Cl3NO3. The maximum atomic E-state index is 12.1. The van der Waals surface area contributed by atoms with Crippen molar-refractivity contribution < 1.29 is 14.3 Å². The van der Waals surface area contributed by atoms with E-state index in [0.717, 1.165) is 0 Å². The van der Waals surface area contributed by atoms with E-state index >= 15 is 0 Å². The molecule has 0 saturated carbocycles. The molecule has 0 radical (unpaired) electrons. The molecule has 1 aliphatic rings. The summed E-state index contributed by atoms with van der Waals surface area (Å²) >= 11 is 17.9. The predicted molar refractivity (Wildman–Crippen MR) is 99.3 cm³/mol. The molecular weight excluding hydrogens is 385 g/mol. The van der Waals surface area contributed by atoms with Gasteiger partial charge in [0.1, 0.15) is 10.8 Å². The smallest absolute Gasteiger partial charge is 0.299 e. The van der Waals surface area contributed by atoms with E-state index in [-0.39, 0.29) is 0 Å². The highest BCUT2D eigenvalue weighted by Gasteiger charge is 2.35. The van der Waals surface area contributed by atoms with Gasteiger partial charge in [0.15, 0.2) is 0 Å². The van der Waals surface area contributed by atoms with Crippen molar-refractivity contribution in [2.45, 2.75) is 12.8 Å². The number of unbranched alkanes of at least 4 members (excludes halogenated alkanes) is 1. The lowest BCUT2D eigenvalue weighted by molar-refractivity contribution is -0.114. The normalized spacial score (nSPS) is 13.3. The van der Waals surface area contributed by atoms with Crippen molar-refractivity contribution in [3.05, 3.63) is 57.0 Å². The third-order valence-corrected chi connectivity index (χ3v) is 4.92. The highest BCUT2D eigenvalue weighted by molar-refractivity contribution is 6.52. The van der Waals surface area contributed by atoms with Gasteiger partial charge in [-0.25, -0.2) is 0 Å². The van der Waals surface area contributed by atoms with E-state index in [9.17, 15) is 9.59 Å². The lowest BCUT2D eigenvalue weighted by Crippen LogP contribution is -2.30. The van der Waals surface area contributed by atoms with Crippen molar-refractivity contribution in [2.75, 3.05) is 18.1 Å². The van der Waals surface area contributed by atoms with E-state index in [0.29, 0.717) is 58.1 Å². The molecule has 7 heteroatoms. The van der Waals surface area contributed by atoms with Crippen LogP contribution in [0.5, 0.6) is 5.75 Å². The lowest BCUT2D eigenvalue weighted by Gasteiger charge is -2.16. The Labute approximate surface area is 160 Å². The standard InChI is InChI=1S/C18H14Cl3NO3/c19-11-6-7-14-12(10-11)17(23)18(24)22(14)8-1-2-9-25-15-5-3-4-13(20)16(15)21/h3-7,10H,1-2,8-9H2. The molecule has 0 aliphatic carbocycles. The van der Waals surface area contributed by atoms with Gasteiger partial charge in [0.25, 0.3) is 11.7 Å². The first kappa shape index (κ1) is 18.1. The minimum absolute atomic E-state index is 0.361. The van der Waals surface area contributed by atoms with E-state index < -0.39 is 11.7 Å². The van der Waals surface area contributed by atoms with Gasteiger partial charge in [-0.3, -0.25) is 9.59 Å². The van der Waals surface area contributed by atoms with E-state index in [2.05, 4.69) is 0 Å². The largest absolute Gasteiger partial charge is 0.492 e. The van der Waals surface area contributed by atoms with Crippen LogP contribution in [-0.2, 0) is 4.79 Å². The topological polar surface area (TPSA) is 46.6 Å². The maximum Gasteiger partial charge on any atom is 0.299 e. The molecule has 2 aromatic rings. The zero-order chi connectivity index (χ0) is 18.0. The first-order valence-corrected chi connectivity index (χ1v) is 8.85. The van der Waals surface area contributed by atoms with Gasteiger partial charge in [-0.05, 0) is 43.2 Å². The summed E-state index contributed by atoms with van der Waals surface area (Å²) in [7, 11) is 0. The molecule has 0 N–H and O–H groups in total. The molecule has 3 rings (SSSR count). The Hall–Kier alpha value is -1.75. The number of benzene rings is 2. The second kappa shape index (κ2) is 7.65. The van der Waals surface area contributed by atoms with Crippen LogP contribution in [0.4, 0.5) is 5.69 Å². The Morgan fingerprint density at radius 3 is 2.60 bits per heavy atom. The molecule has 25 heavy (non-hydrogen) atoms. The van der Waals surface area contributed by atoms with Crippen LogP contribution in [0.2, 0.25) is 15.1 Å². The summed E-state index contributed by atoms with van der Waals surface area (Å²) in [6.07, 6.45) is 1.38. The highest BCUT2D eigenvalue weighted by Crippen LogP contribution is 2.32. The van der Waals surface area contributed by atoms with Gasteiger partial charge in [-0.1, -0.05) is 40.9 Å². The molecule has 0 atom stereocenters. The van der Waals surface area contributed by atoms with Crippen molar-refractivity contribution in [1.82, 2.24) is 0 Å². The van der Waals surface area contributed by atoms with E-state index in [1.54, 1.807) is 30.3 Å². The summed E-state index contributed by atoms with van der Waals surface area (Å²) in [6, 6.07) is 10.1. The van der Waals surface area contributed by atoms with E-state index in [4.69, 9.17) is 39.5 Å². The number of hydrogen-bond donors (Lipinski definition) is 0. The molecule has 2 aromatic carbocycles. The molecule has 0 spiro atoms. The number of nitrogens with zero attached hydrogens (tertiary/aromatic N) is 1. The zero-order valence-corrected chi connectivity index (χ0v) is 15.4. The second-order valence-electron chi connectivity index (χ2n) is 5.55. The SMILES string of the molecule is O=C1C(=O)N(CCCCOc2cccc(Cl)c2Cl)c2ccc(Cl)cc21. The third kappa shape index (κ3) is 3.76. The van der Waals surface area contributed by atoms with Crippen LogP contribution in [-0.4, -0.2) is 24.8 Å². The van der Waals surface area contributed by atoms with Crippen LogP contribution in [0, 0.1) is 0 Å². The minimum Gasteiger partial charge on any atom is -0.492 e. The number of amides is 1. The van der Waals surface area contributed by atoms with Crippen LogP contribution in [0.1, 0.15) is 23.2 Å². The average Bonchev–Trinajstić information content (AvgIpc) is 2.82. The van der Waals surface area contributed by atoms with Crippen LogP contribution < -0.4 is 9.64 Å². The number of ether oxygens (including phenoxy) is 1. The molecule has 0 saturated heterocycles. The van der Waals surface area contributed by atoms with Gasteiger partial charge in [0.05, 0.1) is 22.9 Å². The van der Waals surface area contributed by atoms with Crippen molar-refractivity contribution >= 4 is 52.2 Å². The van der Waals surface area contributed by atoms with Crippen molar-refractivity contribution in [3.63, 3.8) is 0 Å². The first-order valence-electron chi connectivity index (χ1n) is 7.71. The Morgan fingerprint density at radius 1 is 1.00 bits per heavy atom. The van der Waals surface area contributed by atoms with E-state index in [1.165, 1.54) is 11.0 Å². The van der Waals surface area contributed by atoms with E-state index in [1.807, 2.05) is 0 Å². The molecule has 0 aromatic heterocycles. The van der Waals surface area contributed by atoms with Gasteiger partial charge < -0.3 is 9.64 Å². The molecule has 0 bridgehead atoms. The van der Waals surface area contributed by atoms with Gasteiger partial charge in [0, 0.05) is 11.6 Å². The van der Waals surface area contributed by atoms with Gasteiger partial charge in [-0.15, -0.1) is 0 Å². The molecule has 0 fully saturated rings. The quantitative estimate of drug-likeness (QED) is 0.506. The molecule has 0 unspecified atom stereocenters. The monoisotopic (exact) mass is 397 g/mol. The van der Waals surface area contributed by atoms with Crippen LogP contribution in [0.3, 0.4) is 0 Å². The summed E-state index contributed by atoms with van der Waals surface area (Å²) in [5.41, 5.74) is 0.970. The summed E-state index contributed by atoms with van der Waals surface area (Å²) in [5.74, 6) is -0.503. The minimum atomic E-state index is -0.518. The number of ketones is 1. The summed E-state index contributed by atoms with van der Waals surface area (Å²) < 4.78 is 5.61. The summed E-state index contributed by atoms with van der Waals surface area (Å²) in [4.78, 5) is 25.6. The second-order valence-corrected chi connectivity index (χ2v) is 6.78. The summed E-state index contributed by atoms with van der Waals surface area (Å²) in [5, 5.41) is 1.26. The molecule has 1 aliphatic heterocycles. The maximum absolute atomic E-state index is 12.1.